The van der Waals surface area contributed by atoms with E-state index in [1.807, 2.05) is 18.2 Å². The van der Waals surface area contributed by atoms with Gasteiger partial charge in [-0.1, -0.05) is 42.5 Å². The van der Waals surface area contributed by atoms with Crippen molar-refractivity contribution in [1.82, 2.24) is 19.6 Å². The first kappa shape index (κ1) is 25.2. The lowest BCUT2D eigenvalue weighted by atomic mass is 9.79. The zero-order valence-corrected chi connectivity index (χ0v) is 21.0. The minimum Gasteiger partial charge on any atom is -0.403 e. The molecule has 202 valence electrons. The van der Waals surface area contributed by atoms with Gasteiger partial charge >= 0.3 is 6.09 Å². The molecule has 2 fully saturated rings. The van der Waals surface area contributed by atoms with Crippen LogP contribution < -0.4 is 10.2 Å². The van der Waals surface area contributed by atoms with E-state index in [9.17, 15) is 18.8 Å². The average molecular weight is 537 g/mol. The smallest absolute Gasteiger partial charge is 0.403 e. The van der Waals surface area contributed by atoms with E-state index >= 15 is 4.39 Å². The molecule has 0 aliphatic carbocycles. The highest BCUT2D eigenvalue weighted by Crippen LogP contribution is 2.46. The lowest BCUT2D eigenvalue weighted by Gasteiger charge is -2.42. The average Bonchev–Trinajstić information content (AvgIpc) is 3.45. The van der Waals surface area contributed by atoms with Crippen LogP contribution in [0.2, 0.25) is 0 Å². The summed E-state index contributed by atoms with van der Waals surface area (Å²) in [6.07, 6.45) is 1.52. The number of morpholine rings is 1. The molecule has 2 aromatic carbocycles. The maximum atomic E-state index is 15.4. The fourth-order valence-electron chi connectivity index (χ4n) is 5.91. The quantitative estimate of drug-likeness (QED) is 0.508. The molecule has 11 heteroatoms. The Labute approximate surface area is 222 Å². The number of amides is 2. The van der Waals surface area contributed by atoms with Gasteiger partial charge in [0.1, 0.15) is 0 Å². The van der Waals surface area contributed by atoms with Gasteiger partial charge in [-0.3, -0.25) is 9.59 Å². The van der Waals surface area contributed by atoms with Crippen molar-refractivity contribution < 1.29 is 27.8 Å². The SMILES string of the molecule is O=C(Oc1c2n(ncc1=O)[C@@H]([C@H](c1ccccc1)c1cccc(F)c1F)[C@H]1CCCN1C2=O)N1CCOCC1. The third-order valence-electron chi connectivity index (χ3n) is 7.68. The molecule has 1 aromatic heterocycles. The number of hydrogen-bond acceptors (Lipinski definition) is 6. The second-order valence-corrected chi connectivity index (χ2v) is 9.83. The van der Waals surface area contributed by atoms with Gasteiger partial charge in [0, 0.05) is 31.1 Å². The monoisotopic (exact) mass is 536 g/mol. The zero-order valence-electron chi connectivity index (χ0n) is 21.0. The summed E-state index contributed by atoms with van der Waals surface area (Å²) in [6, 6.07) is 12.0. The van der Waals surface area contributed by atoms with Gasteiger partial charge in [0.25, 0.3) is 5.91 Å². The van der Waals surface area contributed by atoms with Gasteiger partial charge in [0.2, 0.25) is 11.2 Å². The highest BCUT2D eigenvalue weighted by molar-refractivity contribution is 5.97. The third-order valence-corrected chi connectivity index (χ3v) is 7.68. The Morgan fingerprint density at radius 1 is 1.03 bits per heavy atom. The predicted molar refractivity (Wildman–Crippen MR) is 135 cm³/mol. The molecule has 0 radical (unpaired) electrons. The maximum Gasteiger partial charge on any atom is 0.415 e. The first-order valence-electron chi connectivity index (χ1n) is 12.9. The number of ether oxygens (including phenoxy) is 2. The van der Waals surface area contributed by atoms with Crippen LogP contribution in [-0.4, -0.2) is 70.5 Å². The molecule has 0 spiro atoms. The Balaban J connectivity index is 1.53. The molecule has 2 amide bonds. The number of carbonyl (C=O) groups excluding carboxylic acids is 2. The number of nitrogens with zero attached hydrogens (tertiary/aromatic N) is 4. The first-order chi connectivity index (χ1) is 19.0. The molecule has 2 saturated heterocycles. The molecule has 3 aliphatic rings. The van der Waals surface area contributed by atoms with Crippen LogP contribution in [0.5, 0.6) is 5.75 Å². The van der Waals surface area contributed by atoms with Gasteiger partial charge in [-0.15, -0.1) is 0 Å². The van der Waals surface area contributed by atoms with Gasteiger partial charge in [-0.05, 0) is 24.5 Å². The van der Waals surface area contributed by atoms with Crippen LogP contribution in [0.25, 0.3) is 0 Å². The number of halogens is 2. The molecule has 0 saturated carbocycles. The van der Waals surface area contributed by atoms with Crippen molar-refractivity contribution in [3.05, 3.63) is 93.4 Å². The first-order valence-corrected chi connectivity index (χ1v) is 12.9. The summed E-state index contributed by atoms with van der Waals surface area (Å²) in [7, 11) is 0. The summed E-state index contributed by atoms with van der Waals surface area (Å²) >= 11 is 0. The number of aromatic nitrogens is 2. The minimum atomic E-state index is -0.991. The minimum absolute atomic E-state index is 0.103. The summed E-state index contributed by atoms with van der Waals surface area (Å²) in [5.41, 5.74) is -0.108. The van der Waals surface area contributed by atoms with Crippen LogP contribution in [0.15, 0.2) is 59.5 Å². The Kier molecular flexibility index (Phi) is 6.59. The van der Waals surface area contributed by atoms with Crippen LogP contribution in [0, 0.1) is 11.6 Å². The molecule has 3 aromatic rings. The van der Waals surface area contributed by atoms with Crippen molar-refractivity contribution in [3.63, 3.8) is 0 Å². The number of rotatable bonds is 4. The molecular weight excluding hydrogens is 510 g/mol. The summed E-state index contributed by atoms with van der Waals surface area (Å²) in [5.74, 6) is -3.66. The summed E-state index contributed by atoms with van der Waals surface area (Å²) in [6.45, 7) is 1.64. The summed E-state index contributed by atoms with van der Waals surface area (Å²) in [4.78, 5) is 42.7. The normalized spacial score (nSPS) is 21.3. The van der Waals surface area contributed by atoms with E-state index in [0.29, 0.717) is 38.2 Å². The lowest BCUT2D eigenvalue weighted by Crippen LogP contribution is -2.51. The summed E-state index contributed by atoms with van der Waals surface area (Å²) in [5, 5.41) is 4.33. The second kappa shape index (κ2) is 10.2. The van der Waals surface area contributed by atoms with Crippen molar-refractivity contribution in [2.75, 3.05) is 32.8 Å². The highest BCUT2D eigenvalue weighted by atomic mass is 19.2. The van der Waals surface area contributed by atoms with Crippen molar-refractivity contribution in [2.24, 2.45) is 0 Å². The topological polar surface area (TPSA) is 94.0 Å². The Morgan fingerprint density at radius 3 is 2.56 bits per heavy atom. The molecular formula is C28H26F2N4O5. The van der Waals surface area contributed by atoms with E-state index in [1.165, 1.54) is 21.7 Å². The predicted octanol–water partition coefficient (Wildman–Crippen LogP) is 3.34. The van der Waals surface area contributed by atoms with E-state index in [0.717, 1.165) is 12.3 Å². The second-order valence-electron chi connectivity index (χ2n) is 9.83. The largest absolute Gasteiger partial charge is 0.415 e. The van der Waals surface area contributed by atoms with Crippen LogP contribution in [0.1, 0.15) is 46.4 Å². The van der Waals surface area contributed by atoms with E-state index in [4.69, 9.17) is 9.47 Å². The molecule has 39 heavy (non-hydrogen) atoms. The van der Waals surface area contributed by atoms with E-state index in [1.54, 1.807) is 17.0 Å². The van der Waals surface area contributed by atoms with Gasteiger partial charge in [-0.25, -0.2) is 18.3 Å². The number of benzene rings is 2. The highest BCUT2D eigenvalue weighted by Gasteiger charge is 2.49. The molecule has 4 heterocycles. The van der Waals surface area contributed by atoms with Crippen molar-refractivity contribution in [2.45, 2.75) is 30.8 Å². The van der Waals surface area contributed by atoms with Crippen LogP contribution in [0.3, 0.4) is 0 Å². The fraction of sp³-hybridized carbons (Fsp3) is 0.357. The van der Waals surface area contributed by atoms with Crippen LogP contribution in [0.4, 0.5) is 13.6 Å². The van der Waals surface area contributed by atoms with Crippen LogP contribution >= 0.6 is 0 Å². The maximum absolute atomic E-state index is 15.4. The summed E-state index contributed by atoms with van der Waals surface area (Å²) < 4.78 is 42.1. The van der Waals surface area contributed by atoms with Gasteiger partial charge in [0.05, 0.1) is 31.5 Å². The van der Waals surface area contributed by atoms with Crippen molar-refractivity contribution in [3.8, 4) is 5.75 Å². The van der Waals surface area contributed by atoms with Gasteiger partial charge < -0.3 is 19.3 Å². The lowest BCUT2D eigenvalue weighted by molar-refractivity contribution is 0.0403. The third kappa shape index (κ3) is 4.36. The number of hydrogen-bond donors (Lipinski definition) is 0. The zero-order chi connectivity index (χ0) is 27.1. The van der Waals surface area contributed by atoms with Crippen molar-refractivity contribution in [1.29, 1.82) is 0 Å². The van der Waals surface area contributed by atoms with Gasteiger partial charge in [-0.2, -0.15) is 5.10 Å². The van der Waals surface area contributed by atoms with E-state index in [2.05, 4.69) is 5.10 Å². The fourth-order valence-corrected chi connectivity index (χ4v) is 5.91. The standard InChI is InChI=1S/C28H26F2N4O5/c29-19-9-4-8-18(23(19)30)22(17-6-2-1-3-7-17)24-20-10-5-11-33(20)27(36)25-26(21(35)16-31-34(24)25)39-28(37)32-12-14-38-15-13-32/h1-4,6-9,16,20,22,24H,5,10-15H2/t20-,22-,24-/m1/s1. The van der Waals surface area contributed by atoms with E-state index in [-0.39, 0.29) is 24.3 Å². The molecule has 3 atom stereocenters. The molecule has 0 bridgehead atoms. The Hall–Kier alpha value is -4.12. The number of carbonyl (C=O) groups is 2. The van der Waals surface area contributed by atoms with Gasteiger partial charge in [0.15, 0.2) is 17.3 Å². The van der Waals surface area contributed by atoms with Crippen LogP contribution in [-0.2, 0) is 4.74 Å². The number of fused-ring (bicyclic) bond motifs is 2. The molecule has 6 rings (SSSR count). The molecule has 9 nitrogen and oxygen atoms in total. The van der Waals surface area contributed by atoms with E-state index < -0.39 is 52.8 Å². The Morgan fingerprint density at radius 2 is 1.79 bits per heavy atom. The molecule has 0 unspecified atom stereocenters. The Bertz CT molecular complexity index is 1470. The molecule has 3 aliphatic heterocycles. The molecule has 0 N–H and O–H groups in total. The van der Waals surface area contributed by atoms with Crippen molar-refractivity contribution >= 4 is 12.0 Å².